The van der Waals surface area contributed by atoms with Crippen molar-refractivity contribution in [2.75, 3.05) is 6.26 Å². The maximum atomic E-state index is 9.90. The Morgan fingerprint density at radius 1 is 1.36 bits per heavy atom. The summed E-state index contributed by atoms with van der Waals surface area (Å²) in [7, 11) is 0. The van der Waals surface area contributed by atoms with Crippen LogP contribution in [0, 0.1) is 5.92 Å². The first-order valence-corrected chi connectivity index (χ1v) is 6.18. The number of aliphatic hydroxyl groups is 1. The van der Waals surface area contributed by atoms with Crippen molar-refractivity contribution in [2.24, 2.45) is 5.92 Å². The zero-order valence-electron chi connectivity index (χ0n) is 9.03. The predicted octanol–water partition coefficient (Wildman–Crippen LogP) is 3.49. The van der Waals surface area contributed by atoms with Crippen LogP contribution in [0.4, 0.5) is 0 Å². The van der Waals surface area contributed by atoms with Crippen molar-refractivity contribution in [2.45, 2.75) is 31.3 Å². The molecule has 0 saturated heterocycles. The van der Waals surface area contributed by atoms with Crippen LogP contribution in [-0.2, 0) is 0 Å². The molecule has 0 heterocycles. The molecule has 1 nitrogen and oxygen atoms in total. The van der Waals surface area contributed by atoms with Crippen LogP contribution in [0.1, 0.15) is 31.9 Å². The molecule has 1 rings (SSSR count). The van der Waals surface area contributed by atoms with E-state index in [9.17, 15) is 5.11 Å². The second-order valence-electron chi connectivity index (χ2n) is 3.92. The molecule has 0 radical (unpaired) electrons. The fourth-order valence-electron chi connectivity index (χ4n) is 1.43. The van der Waals surface area contributed by atoms with Gasteiger partial charge in [-0.25, -0.2) is 0 Å². The molecule has 1 aromatic carbocycles. The van der Waals surface area contributed by atoms with E-state index < -0.39 is 0 Å². The Morgan fingerprint density at radius 2 is 2.07 bits per heavy atom. The quantitative estimate of drug-likeness (QED) is 0.768. The third-order valence-electron chi connectivity index (χ3n) is 2.17. The molecule has 0 fully saturated rings. The predicted molar refractivity (Wildman–Crippen MR) is 62.6 cm³/mol. The van der Waals surface area contributed by atoms with Gasteiger partial charge in [-0.2, -0.15) is 0 Å². The lowest BCUT2D eigenvalue weighted by Crippen LogP contribution is -2.01. The van der Waals surface area contributed by atoms with Crippen molar-refractivity contribution in [1.29, 1.82) is 0 Å². The molecule has 0 aliphatic rings. The zero-order chi connectivity index (χ0) is 10.6. The fraction of sp³-hybridized carbons (Fsp3) is 0.500. The molecule has 1 N–H and O–H groups in total. The van der Waals surface area contributed by atoms with Gasteiger partial charge in [-0.1, -0.05) is 26.0 Å². The van der Waals surface area contributed by atoms with Gasteiger partial charge >= 0.3 is 0 Å². The molecule has 1 aromatic rings. The molecule has 0 amide bonds. The van der Waals surface area contributed by atoms with Crippen LogP contribution < -0.4 is 0 Å². The number of aliphatic hydroxyl groups excluding tert-OH is 1. The molecular weight excluding hydrogens is 192 g/mol. The number of hydrogen-bond acceptors (Lipinski definition) is 2. The van der Waals surface area contributed by atoms with E-state index in [0.29, 0.717) is 5.92 Å². The standard InChI is InChI=1S/C12H18OS/c1-9(2)7-12(13)10-5-4-6-11(8-10)14-3/h4-6,8-9,12-13H,7H2,1-3H3. The highest BCUT2D eigenvalue weighted by Gasteiger charge is 2.09. The maximum absolute atomic E-state index is 9.90. The van der Waals surface area contributed by atoms with Gasteiger partial charge in [-0.15, -0.1) is 11.8 Å². The minimum atomic E-state index is -0.318. The van der Waals surface area contributed by atoms with Crippen molar-refractivity contribution in [1.82, 2.24) is 0 Å². The third-order valence-corrected chi connectivity index (χ3v) is 2.90. The number of thioether (sulfide) groups is 1. The molecule has 0 bridgehead atoms. The molecule has 14 heavy (non-hydrogen) atoms. The first kappa shape index (κ1) is 11.6. The van der Waals surface area contributed by atoms with Crippen molar-refractivity contribution in [3.63, 3.8) is 0 Å². The smallest absolute Gasteiger partial charge is 0.0792 e. The first-order valence-electron chi connectivity index (χ1n) is 4.95. The van der Waals surface area contributed by atoms with Crippen molar-refractivity contribution in [3.8, 4) is 0 Å². The molecule has 0 aliphatic carbocycles. The van der Waals surface area contributed by atoms with Gasteiger partial charge in [-0.05, 0) is 36.3 Å². The lowest BCUT2D eigenvalue weighted by molar-refractivity contribution is 0.151. The van der Waals surface area contributed by atoms with E-state index >= 15 is 0 Å². The second kappa shape index (κ2) is 5.42. The van der Waals surface area contributed by atoms with Gasteiger partial charge in [0.2, 0.25) is 0 Å². The molecule has 1 atom stereocenters. The van der Waals surface area contributed by atoms with Crippen molar-refractivity contribution in [3.05, 3.63) is 29.8 Å². The Kier molecular flexibility index (Phi) is 4.49. The van der Waals surface area contributed by atoms with E-state index in [2.05, 4.69) is 26.0 Å². The summed E-state index contributed by atoms with van der Waals surface area (Å²) in [6.07, 6.45) is 2.56. The average Bonchev–Trinajstić information content (AvgIpc) is 2.17. The summed E-state index contributed by atoms with van der Waals surface area (Å²) < 4.78 is 0. The van der Waals surface area contributed by atoms with E-state index in [0.717, 1.165) is 12.0 Å². The highest BCUT2D eigenvalue weighted by molar-refractivity contribution is 7.98. The van der Waals surface area contributed by atoms with Gasteiger partial charge in [0.05, 0.1) is 6.10 Å². The third kappa shape index (κ3) is 3.35. The van der Waals surface area contributed by atoms with Crippen LogP contribution in [0.5, 0.6) is 0 Å². The Hall–Kier alpha value is -0.470. The summed E-state index contributed by atoms with van der Waals surface area (Å²) in [4.78, 5) is 1.21. The van der Waals surface area contributed by atoms with Gasteiger partial charge in [0.15, 0.2) is 0 Å². The zero-order valence-corrected chi connectivity index (χ0v) is 9.84. The topological polar surface area (TPSA) is 20.2 Å². The van der Waals surface area contributed by atoms with E-state index in [4.69, 9.17) is 0 Å². The Labute approximate surface area is 90.5 Å². The van der Waals surface area contributed by atoms with Gasteiger partial charge in [0, 0.05) is 4.90 Å². The van der Waals surface area contributed by atoms with Crippen LogP contribution >= 0.6 is 11.8 Å². The van der Waals surface area contributed by atoms with E-state index in [1.165, 1.54) is 4.90 Å². The molecular formula is C12H18OS. The summed E-state index contributed by atoms with van der Waals surface area (Å²) in [6, 6.07) is 8.13. The van der Waals surface area contributed by atoms with Gasteiger partial charge < -0.3 is 5.11 Å². The number of hydrogen-bond donors (Lipinski definition) is 1. The van der Waals surface area contributed by atoms with Crippen LogP contribution in [0.15, 0.2) is 29.2 Å². The summed E-state index contributed by atoms with van der Waals surface area (Å²) in [5.41, 5.74) is 1.03. The van der Waals surface area contributed by atoms with Crippen LogP contribution in [-0.4, -0.2) is 11.4 Å². The minimum Gasteiger partial charge on any atom is -0.388 e. The van der Waals surface area contributed by atoms with E-state index in [1.54, 1.807) is 11.8 Å². The van der Waals surface area contributed by atoms with Crippen molar-refractivity contribution < 1.29 is 5.11 Å². The number of rotatable bonds is 4. The van der Waals surface area contributed by atoms with E-state index in [-0.39, 0.29) is 6.10 Å². The largest absolute Gasteiger partial charge is 0.388 e. The molecule has 0 aliphatic heterocycles. The minimum absolute atomic E-state index is 0.318. The number of benzene rings is 1. The lowest BCUT2D eigenvalue weighted by atomic mass is 10.00. The highest BCUT2D eigenvalue weighted by Crippen LogP contribution is 2.24. The van der Waals surface area contributed by atoms with E-state index in [1.807, 2.05) is 18.4 Å². The maximum Gasteiger partial charge on any atom is 0.0792 e. The fourth-order valence-corrected chi connectivity index (χ4v) is 1.90. The molecule has 78 valence electrons. The molecule has 0 aromatic heterocycles. The Morgan fingerprint density at radius 3 is 2.64 bits per heavy atom. The normalized spacial score (nSPS) is 13.2. The summed E-state index contributed by atoms with van der Waals surface area (Å²) in [5, 5.41) is 9.90. The first-order chi connectivity index (χ1) is 6.63. The van der Waals surface area contributed by atoms with Crippen LogP contribution in [0.2, 0.25) is 0 Å². The highest BCUT2D eigenvalue weighted by atomic mass is 32.2. The molecule has 1 unspecified atom stereocenters. The van der Waals surface area contributed by atoms with Gasteiger partial charge in [-0.3, -0.25) is 0 Å². The SMILES string of the molecule is CSc1cccc(C(O)CC(C)C)c1. The van der Waals surface area contributed by atoms with Crippen LogP contribution in [0.25, 0.3) is 0 Å². The van der Waals surface area contributed by atoms with Gasteiger partial charge in [0.25, 0.3) is 0 Å². The molecule has 0 spiro atoms. The molecule has 2 heteroatoms. The van der Waals surface area contributed by atoms with Crippen LogP contribution in [0.3, 0.4) is 0 Å². The second-order valence-corrected chi connectivity index (χ2v) is 4.80. The Balaban J connectivity index is 2.73. The monoisotopic (exact) mass is 210 g/mol. The summed E-state index contributed by atoms with van der Waals surface area (Å²) in [5.74, 6) is 0.530. The summed E-state index contributed by atoms with van der Waals surface area (Å²) >= 11 is 1.71. The molecule has 0 saturated carbocycles. The average molecular weight is 210 g/mol. The lowest BCUT2D eigenvalue weighted by Gasteiger charge is -2.13. The van der Waals surface area contributed by atoms with Gasteiger partial charge in [0.1, 0.15) is 0 Å². The van der Waals surface area contributed by atoms with Crippen molar-refractivity contribution >= 4 is 11.8 Å². The summed E-state index contributed by atoms with van der Waals surface area (Å²) in [6.45, 7) is 4.25. The Bertz CT molecular complexity index is 283.